The van der Waals surface area contributed by atoms with Crippen molar-refractivity contribution in [3.63, 3.8) is 0 Å². The molecule has 1 heterocycles. The second-order valence-electron chi connectivity index (χ2n) is 5.85. The lowest BCUT2D eigenvalue weighted by atomic mass is 10.1. The van der Waals surface area contributed by atoms with Gasteiger partial charge in [0.2, 0.25) is 12.2 Å². The highest BCUT2D eigenvalue weighted by Gasteiger charge is 2.24. The molecule has 0 amide bonds. The maximum Gasteiger partial charge on any atom is 0.511 e. The fraction of sp³-hybridized carbons (Fsp3) is 0.438. The lowest BCUT2D eigenvalue weighted by Crippen LogP contribution is -2.23. The Morgan fingerprint density at radius 2 is 2.03 bits per heavy atom. The number of sulfone groups is 1. The molecule has 0 radical (unpaired) electrons. The maximum atomic E-state index is 12.2. The quantitative estimate of drug-likeness (QED) is 0.283. The summed E-state index contributed by atoms with van der Waals surface area (Å²) >= 11 is 6.38. The summed E-state index contributed by atoms with van der Waals surface area (Å²) in [5.41, 5.74) is 0.608. The third-order valence-electron chi connectivity index (χ3n) is 3.50. The lowest BCUT2D eigenvalue weighted by Gasteiger charge is -2.18. The second kappa shape index (κ2) is 9.18. The van der Waals surface area contributed by atoms with Gasteiger partial charge in [-0.25, -0.2) is 17.9 Å². The number of carbonyl (C=O) groups excluding carboxylic acids is 1. The lowest BCUT2D eigenvalue weighted by molar-refractivity contribution is -0.0582. The van der Waals surface area contributed by atoms with E-state index < -0.39 is 22.3 Å². The molecule has 0 saturated carbocycles. The minimum absolute atomic E-state index is 0.0564. The standard InChI is InChI=1S/C16H20ClN5O6S/c1-6-26-16(23)28-10(3)27-14(18-15-19-20-21-22(15)4)11-8-7-9(2)13(12(11)17)29(5,24)25/h7-8,10H,6H2,1-5H3/b18-14-. The highest BCUT2D eigenvalue weighted by molar-refractivity contribution is 7.90. The van der Waals surface area contributed by atoms with Crippen LogP contribution in [0.5, 0.6) is 0 Å². The molecule has 0 aliphatic carbocycles. The van der Waals surface area contributed by atoms with Crippen molar-refractivity contribution in [2.45, 2.75) is 32.0 Å². The average molecular weight is 446 g/mol. The van der Waals surface area contributed by atoms with Crippen molar-refractivity contribution in [2.24, 2.45) is 12.0 Å². The molecule has 1 aromatic carbocycles. The fourth-order valence-corrected chi connectivity index (χ4v) is 4.10. The van der Waals surface area contributed by atoms with E-state index in [1.165, 1.54) is 17.7 Å². The van der Waals surface area contributed by atoms with E-state index in [4.69, 9.17) is 25.8 Å². The Kier molecular flexibility index (Phi) is 7.14. The molecular formula is C16H20ClN5O6S. The van der Waals surface area contributed by atoms with E-state index in [9.17, 15) is 13.2 Å². The van der Waals surface area contributed by atoms with E-state index in [2.05, 4.69) is 20.5 Å². The van der Waals surface area contributed by atoms with Crippen LogP contribution in [0.4, 0.5) is 10.7 Å². The normalized spacial score (nSPS) is 13.1. The van der Waals surface area contributed by atoms with Crippen LogP contribution in [-0.2, 0) is 31.1 Å². The summed E-state index contributed by atoms with van der Waals surface area (Å²) in [6.45, 7) is 4.79. The molecule has 0 bridgehead atoms. The molecule has 0 N–H and O–H groups in total. The number of halogens is 1. The van der Waals surface area contributed by atoms with Crippen molar-refractivity contribution in [3.8, 4) is 0 Å². The minimum Gasteiger partial charge on any atom is -0.437 e. The molecule has 1 atom stereocenters. The number of tetrazole rings is 1. The molecule has 2 rings (SSSR count). The van der Waals surface area contributed by atoms with Crippen LogP contribution in [0, 0.1) is 6.92 Å². The van der Waals surface area contributed by atoms with E-state index in [1.54, 1.807) is 27.0 Å². The highest BCUT2D eigenvalue weighted by atomic mass is 35.5. The second-order valence-corrected chi connectivity index (χ2v) is 8.18. The van der Waals surface area contributed by atoms with E-state index in [1.807, 2.05) is 0 Å². The van der Waals surface area contributed by atoms with Gasteiger partial charge in [0.1, 0.15) is 0 Å². The topological polar surface area (TPSA) is 135 Å². The van der Waals surface area contributed by atoms with E-state index >= 15 is 0 Å². The van der Waals surface area contributed by atoms with Crippen molar-refractivity contribution in [1.29, 1.82) is 0 Å². The average Bonchev–Trinajstić information content (AvgIpc) is 2.98. The predicted octanol–water partition coefficient (Wildman–Crippen LogP) is 2.19. The van der Waals surface area contributed by atoms with Crippen LogP contribution in [0.3, 0.4) is 0 Å². The first kappa shape index (κ1) is 22.6. The highest BCUT2D eigenvalue weighted by Crippen LogP contribution is 2.30. The molecule has 11 nitrogen and oxygen atoms in total. The zero-order valence-electron chi connectivity index (χ0n) is 16.4. The summed E-state index contributed by atoms with van der Waals surface area (Å²) in [5, 5.41) is 10.8. The Morgan fingerprint density at radius 3 is 2.59 bits per heavy atom. The summed E-state index contributed by atoms with van der Waals surface area (Å²) in [6, 6.07) is 3.09. The number of aryl methyl sites for hydroxylation is 2. The maximum absolute atomic E-state index is 12.2. The van der Waals surface area contributed by atoms with Crippen molar-refractivity contribution >= 4 is 39.4 Å². The Morgan fingerprint density at radius 1 is 1.34 bits per heavy atom. The zero-order valence-corrected chi connectivity index (χ0v) is 18.0. The van der Waals surface area contributed by atoms with Gasteiger partial charge >= 0.3 is 6.16 Å². The number of nitrogens with zero attached hydrogens (tertiary/aromatic N) is 5. The van der Waals surface area contributed by atoms with Gasteiger partial charge < -0.3 is 14.2 Å². The van der Waals surface area contributed by atoms with Crippen LogP contribution in [0.15, 0.2) is 22.0 Å². The van der Waals surface area contributed by atoms with Crippen LogP contribution < -0.4 is 0 Å². The Bertz CT molecular complexity index is 1040. The summed E-state index contributed by atoms with van der Waals surface area (Å²) in [4.78, 5) is 15.7. The molecule has 2 aromatic rings. The minimum atomic E-state index is -3.64. The van der Waals surface area contributed by atoms with Gasteiger partial charge in [-0.1, -0.05) is 22.8 Å². The van der Waals surface area contributed by atoms with Gasteiger partial charge in [-0.3, -0.25) is 0 Å². The Hall–Kier alpha value is -2.73. The number of carbonyl (C=O) groups is 1. The Balaban J connectivity index is 2.53. The van der Waals surface area contributed by atoms with Crippen LogP contribution >= 0.6 is 11.6 Å². The third kappa shape index (κ3) is 5.64. The molecule has 1 unspecified atom stereocenters. The molecule has 29 heavy (non-hydrogen) atoms. The first-order valence-corrected chi connectivity index (χ1v) is 10.6. The predicted molar refractivity (Wildman–Crippen MR) is 103 cm³/mol. The number of aliphatic imine (C=N–C) groups is 1. The largest absolute Gasteiger partial charge is 0.511 e. The molecule has 0 saturated heterocycles. The zero-order chi connectivity index (χ0) is 21.8. The van der Waals surface area contributed by atoms with Gasteiger partial charge in [0.25, 0.3) is 5.95 Å². The van der Waals surface area contributed by atoms with Crippen LogP contribution in [0.2, 0.25) is 5.02 Å². The van der Waals surface area contributed by atoms with Gasteiger partial charge in [-0.05, 0) is 35.9 Å². The SMILES string of the molecule is CCOC(=O)OC(C)O/C(=N\c1nnnn1C)c1ccc(C)c(S(C)(=O)=O)c1Cl. The summed E-state index contributed by atoms with van der Waals surface area (Å²) in [7, 11) is -2.09. The van der Waals surface area contributed by atoms with E-state index in [0.29, 0.717) is 5.56 Å². The van der Waals surface area contributed by atoms with Gasteiger partial charge in [0, 0.05) is 20.2 Å². The van der Waals surface area contributed by atoms with Crippen LogP contribution in [0.1, 0.15) is 25.0 Å². The summed E-state index contributed by atoms with van der Waals surface area (Å²) < 4.78 is 40.9. The molecule has 0 aliphatic rings. The third-order valence-corrected chi connectivity index (χ3v) is 5.27. The molecule has 0 spiro atoms. The Labute approximate surface area is 172 Å². The van der Waals surface area contributed by atoms with Gasteiger partial charge in [0.05, 0.1) is 22.1 Å². The van der Waals surface area contributed by atoms with E-state index in [-0.39, 0.29) is 33.9 Å². The molecule has 158 valence electrons. The molecule has 1 aromatic heterocycles. The van der Waals surface area contributed by atoms with E-state index in [0.717, 1.165) is 6.26 Å². The molecular weight excluding hydrogens is 426 g/mol. The summed E-state index contributed by atoms with van der Waals surface area (Å²) in [6.07, 6.45) is -1.03. The van der Waals surface area contributed by atoms with Crippen LogP contribution in [-0.4, -0.2) is 59.8 Å². The van der Waals surface area contributed by atoms with Gasteiger partial charge in [-0.15, -0.1) is 0 Å². The number of hydrogen-bond donors (Lipinski definition) is 0. The number of hydrogen-bond acceptors (Lipinski definition) is 10. The molecule has 0 fully saturated rings. The van der Waals surface area contributed by atoms with Crippen molar-refractivity contribution in [2.75, 3.05) is 12.9 Å². The van der Waals surface area contributed by atoms with Crippen molar-refractivity contribution in [3.05, 3.63) is 28.3 Å². The first-order chi connectivity index (χ1) is 13.5. The van der Waals surface area contributed by atoms with Crippen LogP contribution in [0.25, 0.3) is 0 Å². The van der Waals surface area contributed by atoms with Gasteiger partial charge in [-0.2, -0.15) is 4.99 Å². The number of aromatic nitrogens is 4. The first-order valence-electron chi connectivity index (χ1n) is 8.35. The molecule has 0 aliphatic heterocycles. The van der Waals surface area contributed by atoms with Crippen molar-refractivity contribution in [1.82, 2.24) is 20.2 Å². The number of benzene rings is 1. The smallest absolute Gasteiger partial charge is 0.437 e. The number of ether oxygens (including phenoxy) is 3. The monoisotopic (exact) mass is 445 g/mol. The van der Waals surface area contributed by atoms with Gasteiger partial charge in [0.15, 0.2) is 9.84 Å². The molecule has 13 heteroatoms. The van der Waals surface area contributed by atoms with Crippen molar-refractivity contribution < 1.29 is 27.4 Å². The fourth-order valence-electron chi connectivity index (χ4n) is 2.30. The summed E-state index contributed by atoms with van der Waals surface area (Å²) in [5.74, 6) is -0.0875. The number of rotatable bonds is 6.